The summed E-state index contributed by atoms with van der Waals surface area (Å²) in [6.45, 7) is 3.50. The lowest BCUT2D eigenvalue weighted by Gasteiger charge is -2.42. The number of rotatable bonds is 4. The Morgan fingerprint density at radius 1 is 1.37 bits per heavy atom. The first kappa shape index (κ1) is 14.8. The first-order chi connectivity index (χ1) is 9.13. The van der Waals surface area contributed by atoms with E-state index < -0.39 is 0 Å². The fourth-order valence-corrected chi connectivity index (χ4v) is 3.04. The van der Waals surface area contributed by atoms with Gasteiger partial charge in [-0.3, -0.25) is 0 Å². The van der Waals surface area contributed by atoms with Crippen molar-refractivity contribution in [3.8, 4) is 0 Å². The minimum atomic E-state index is -0.217. The Kier molecular flexibility index (Phi) is 4.85. The fraction of sp³-hybridized carbons (Fsp3) is 0.600. The van der Waals surface area contributed by atoms with Crippen molar-refractivity contribution in [3.05, 3.63) is 34.3 Å². The van der Waals surface area contributed by atoms with E-state index in [1.807, 2.05) is 20.0 Å². The summed E-state index contributed by atoms with van der Waals surface area (Å²) in [6, 6.07) is 6.34. The third-order valence-corrected chi connectivity index (χ3v) is 4.50. The zero-order valence-corrected chi connectivity index (χ0v) is 12.6. The van der Waals surface area contributed by atoms with Gasteiger partial charge in [0, 0.05) is 38.2 Å². The normalized spacial score (nSPS) is 20.2. The van der Waals surface area contributed by atoms with Gasteiger partial charge in [0.2, 0.25) is 0 Å². The second-order valence-electron chi connectivity index (χ2n) is 5.11. The van der Waals surface area contributed by atoms with Crippen LogP contribution in [0.1, 0.15) is 30.0 Å². The molecule has 1 aromatic carbocycles. The molecule has 4 heteroatoms. The van der Waals surface area contributed by atoms with Gasteiger partial charge in [-0.25, -0.2) is 0 Å². The van der Waals surface area contributed by atoms with Crippen molar-refractivity contribution in [3.63, 3.8) is 0 Å². The van der Waals surface area contributed by atoms with Crippen LogP contribution in [0, 0.1) is 6.92 Å². The van der Waals surface area contributed by atoms with Crippen molar-refractivity contribution in [1.82, 2.24) is 5.32 Å². The topological polar surface area (TPSA) is 30.5 Å². The molecule has 0 aromatic heterocycles. The van der Waals surface area contributed by atoms with Gasteiger partial charge in [0.1, 0.15) is 0 Å². The molecule has 1 atom stereocenters. The summed E-state index contributed by atoms with van der Waals surface area (Å²) < 4.78 is 11.3. The van der Waals surface area contributed by atoms with Gasteiger partial charge >= 0.3 is 0 Å². The Morgan fingerprint density at radius 3 is 2.58 bits per heavy atom. The molecule has 1 fully saturated rings. The average Bonchev–Trinajstić information content (AvgIpc) is 2.44. The maximum atomic E-state index is 6.25. The molecule has 1 heterocycles. The van der Waals surface area contributed by atoms with E-state index in [2.05, 4.69) is 17.4 Å². The van der Waals surface area contributed by atoms with Gasteiger partial charge in [-0.1, -0.05) is 23.7 Å². The minimum Gasteiger partial charge on any atom is -0.381 e. The predicted molar refractivity (Wildman–Crippen MR) is 77.8 cm³/mol. The average molecular weight is 284 g/mol. The Bertz CT molecular complexity index is 430. The number of ether oxygens (including phenoxy) is 2. The second kappa shape index (κ2) is 6.23. The highest BCUT2D eigenvalue weighted by Crippen LogP contribution is 2.38. The Hall–Kier alpha value is -0.610. The summed E-state index contributed by atoms with van der Waals surface area (Å²) in [5, 5.41) is 4.19. The molecule has 0 saturated carbocycles. The molecule has 1 aliphatic heterocycles. The lowest BCUT2D eigenvalue weighted by atomic mass is 9.82. The molecule has 0 bridgehead atoms. The van der Waals surface area contributed by atoms with Gasteiger partial charge in [0.15, 0.2) is 0 Å². The van der Waals surface area contributed by atoms with Crippen molar-refractivity contribution < 1.29 is 9.47 Å². The maximum absolute atomic E-state index is 6.25. The second-order valence-corrected chi connectivity index (χ2v) is 5.52. The third-order valence-electron chi connectivity index (χ3n) is 4.09. The zero-order valence-electron chi connectivity index (χ0n) is 11.8. The van der Waals surface area contributed by atoms with Gasteiger partial charge in [0.25, 0.3) is 0 Å². The fourth-order valence-electron chi connectivity index (χ4n) is 2.85. The third kappa shape index (κ3) is 2.95. The molecule has 3 nitrogen and oxygen atoms in total. The smallest absolute Gasteiger partial charge is 0.0916 e. The van der Waals surface area contributed by atoms with E-state index >= 15 is 0 Å². The first-order valence-electron chi connectivity index (χ1n) is 6.69. The molecule has 0 spiro atoms. The van der Waals surface area contributed by atoms with E-state index in [1.165, 1.54) is 5.56 Å². The maximum Gasteiger partial charge on any atom is 0.0916 e. The van der Waals surface area contributed by atoms with Crippen LogP contribution in [0.25, 0.3) is 0 Å². The Balaban J connectivity index is 2.33. The summed E-state index contributed by atoms with van der Waals surface area (Å²) in [4.78, 5) is 0. The molecule has 1 aliphatic rings. The Labute approximate surface area is 120 Å². The van der Waals surface area contributed by atoms with Crippen molar-refractivity contribution in [2.24, 2.45) is 0 Å². The number of benzene rings is 1. The van der Waals surface area contributed by atoms with Crippen LogP contribution in [-0.4, -0.2) is 33.0 Å². The van der Waals surface area contributed by atoms with Gasteiger partial charge in [-0.2, -0.15) is 0 Å². The number of likely N-dealkylation sites (N-methyl/N-ethyl adjacent to an activating group) is 1. The van der Waals surface area contributed by atoms with Crippen LogP contribution in [-0.2, 0) is 9.47 Å². The van der Waals surface area contributed by atoms with Crippen LogP contribution in [0.5, 0.6) is 0 Å². The summed E-state index contributed by atoms with van der Waals surface area (Å²) in [5.74, 6) is 0. The molecule has 0 radical (unpaired) electrons. The number of hydrogen-bond donors (Lipinski definition) is 1. The molecular formula is C15H22ClNO2. The van der Waals surface area contributed by atoms with Crippen molar-refractivity contribution >= 4 is 11.6 Å². The van der Waals surface area contributed by atoms with E-state index in [0.717, 1.165) is 36.6 Å². The summed E-state index contributed by atoms with van der Waals surface area (Å²) in [5.41, 5.74) is 2.05. The number of aryl methyl sites for hydroxylation is 1. The molecule has 1 N–H and O–H groups in total. The van der Waals surface area contributed by atoms with Crippen LogP contribution >= 0.6 is 11.6 Å². The van der Waals surface area contributed by atoms with E-state index in [9.17, 15) is 0 Å². The lowest BCUT2D eigenvalue weighted by molar-refractivity contribution is -0.110. The van der Waals surface area contributed by atoms with Gasteiger partial charge in [0.05, 0.1) is 11.6 Å². The molecule has 0 aliphatic carbocycles. The number of halogens is 1. The standard InChI is InChI=1S/C15H22ClNO2/c1-11-4-5-12(10-13(11)16)14(17-2)15(18-3)6-8-19-9-7-15/h4-5,10,14,17H,6-9H2,1-3H3. The van der Waals surface area contributed by atoms with Crippen LogP contribution in [0.15, 0.2) is 18.2 Å². The summed E-state index contributed by atoms with van der Waals surface area (Å²) >= 11 is 6.25. The van der Waals surface area contributed by atoms with E-state index in [4.69, 9.17) is 21.1 Å². The van der Waals surface area contributed by atoms with Gasteiger partial charge in [-0.05, 0) is 31.2 Å². The summed E-state index contributed by atoms with van der Waals surface area (Å²) in [6.07, 6.45) is 1.78. The van der Waals surface area contributed by atoms with Crippen LogP contribution in [0.3, 0.4) is 0 Å². The first-order valence-corrected chi connectivity index (χ1v) is 7.07. The number of methoxy groups -OCH3 is 1. The van der Waals surface area contributed by atoms with Gasteiger partial charge < -0.3 is 14.8 Å². The van der Waals surface area contributed by atoms with Crippen molar-refractivity contribution in [2.75, 3.05) is 27.4 Å². The molecule has 19 heavy (non-hydrogen) atoms. The lowest BCUT2D eigenvalue weighted by Crippen LogP contribution is -2.48. The number of hydrogen-bond acceptors (Lipinski definition) is 3. The van der Waals surface area contributed by atoms with Crippen LogP contribution in [0.2, 0.25) is 5.02 Å². The van der Waals surface area contributed by atoms with Crippen LogP contribution in [0.4, 0.5) is 0 Å². The van der Waals surface area contributed by atoms with Crippen molar-refractivity contribution in [1.29, 1.82) is 0 Å². The summed E-state index contributed by atoms with van der Waals surface area (Å²) in [7, 11) is 3.75. The van der Waals surface area contributed by atoms with E-state index in [1.54, 1.807) is 7.11 Å². The molecule has 1 unspecified atom stereocenters. The minimum absolute atomic E-state index is 0.125. The quantitative estimate of drug-likeness (QED) is 0.921. The molecule has 2 rings (SSSR count). The number of nitrogens with one attached hydrogen (secondary N) is 1. The molecular weight excluding hydrogens is 262 g/mol. The zero-order chi connectivity index (χ0) is 13.9. The van der Waals surface area contributed by atoms with E-state index in [0.29, 0.717) is 0 Å². The highest BCUT2D eigenvalue weighted by atomic mass is 35.5. The van der Waals surface area contributed by atoms with Gasteiger partial charge in [-0.15, -0.1) is 0 Å². The predicted octanol–water partition coefficient (Wildman–Crippen LogP) is 3.10. The molecule has 0 amide bonds. The van der Waals surface area contributed by atoms with Crippen LogP contribution < -0.4 is 5.32 Å². The SMILES string of the molecule is CNC(c1ccc(C)c(Cl)c1)C1(OC)CCOCC1. The molecule has 1 aromatic rings. The Morgan fingerprint density at radius 2 is 2.05 bits per heavy atom. The molecule has 1 saturated heterocycles. The largest absolute Gasteiger partial charge is 0.381 e. The molecule has 106 valence electrons. The monoisotopic (exact) mass is 283 g/mol. The highest BCUT2D eigenvalue weighted by molar-refractivity contribution is 6.31. The highest BCUT2D eigenvalue weighted by Gasteiger charge is 2.40. The van der Waals surface area contributed by atoms with Crippen molar-refractivity contribution in [2.45, 2.75) is 31.4 Å². The van der Waals surface area contributed by atoms with E-state index in [-0.39, 0.29) is 11.6 Å².